The van der Waals surface area contributed by atoms with Crippen molar-refractivity contribution in [1.29, 1.82) is 0 Å². The van der Waals surface area contributed by atoms with Crippen molar-refractivity contribution in [3.63, 3.8) is 0 Å². The summed E-state index contributed by atoms with van der Waals surface area (Å²) in [6, 6.07) is 7.25. The van der Waals surface area contributed by atoms with Gasteiger partial charge in [0, 0.05) is 17.5 Å². The van der Waals surface area contributed by atoms with Gasteiger partial charge >= 0.3 is 5.97 Å². The van der Waals surface area contributed by atoms with E-state index in [4.69, 9.17) is 16.7 Å². The van der Waals surface area contributed by atoms with E-state index in [2.05, 4.69) is 10.3 Å². The standard InChI is InChI=1S/C15H15ClN2O3S/c1-15(2,14(20)21)8-17-12(19)11-7-22-13(18-11)9-5-3-4-6-10(9)16/h3-7H,8H2,1-2H3,(H,17,19)(H,20,21). The smallest absolute Gasteiger partial charge is 0.310 e. The molecule has 0 radical (unpaired) electrons. The van der Waals surface area contributed by atoms with Gasteiger partial charge in [0.05, 0.1) is 10.4 Å². The highest BCUT2D eigenvalue weighted by atomic mass is 35.5. The van der Waals surface area contributed by atoms with Gasteiger partial charge in [0.2, 0.25) is 0 Å². The summed E-state index contributed by atoms with van der Waals surface area (Å²) in [6.07, 6.45) is 0. The molecule has 1 aromatic heterocycles. The highest BCUT2D eigenvalue weighted by Gasteiger charge is 2.28. The zero-order valence-electron chi connectivity index (χ0n) is 12.1. The number of thiazole rings is 1. The molecule has 1 aromatic carbocycles. The molecule has 116 valence electrons. The molecule has 5 nitrogen and oxygen atoms in total. The molecule has 0 aliphatic carbocycles. The molecule has 2 N–H and O–H groups in total. The summed E-state index contributed by atoms with van der Waals surface area (Å²) in [5.41, 5.74) is -0.0164. The van der Waals surface area contributed by atoms with E-state index < -0.39 is 17.3 Å². The maximum absolute atomic E-state index is 12.1. The number of carbonyl (C=O) groups excluding carboxylic acids is 1. The van der Waals surface area contributed by atoms with E-state index in [0.29, 0.717) is 10.0 Å². The fraction of sp³-hybridized carbons (Fsp3) is 0.267. The van der Waals surface area contributed by atoms with Crippen LogP contribution in [0.5, 0.6) is 0 Å². The van der Waals surface area contributed by atoms with Crippen LogP contribution in [0.2, 0.25) is 5.02 Å². The van der Waals surface area contributed by atoms with Crippen LogP contribution in [-0.4, -0.2) is 28.5 Å². The Labute approximate surface area is 137 Å². The quantitative estimate of drug-likeness (QED) is 0.876. The first-order valence-electron chi connectivity index (χ1n) is 6.53. The summed E-state index contributed by atoms with van der Waals surface area (Å²) in [5.74, 6) is -1.37. The van der Waals surface area contributed by atoms with Crippen molar-refractivity contribution >= 4 is 34.8 Å². The average Bonchev–Trinajstić information content (AvgIpc) is 2.95. The molecular weight excluding hydrogens is 324 g/mol. The summed E-state index contributed by atoms with van der Waals surface area (Å²) >= 11 is 7.42. The van der Waals surface area contributed by atoms with Gasteiger partial charge in [0.1, 0.15) is 10.7 Å². The highest BCUT2D eigenvalue weighted by molar-refractivity contribution is 7.13. The molecule has 0 unspecified atom stereocenters. The normalized spacial score (nSPS) is 11.2. The first kappa shape index (κ1) is 16.5. The van der Waals surface area contributed by atoms with Crippen LogP contribution in [0.25, 0.3) is 10.6 Å². The molecule has 1 amide bonds. The summed E-state index contributed by atoms with van der Waals surface area (Å²) in [4.78, 5) is 27.3. The molecule has 2 rings (SSSR count). The fourth-order valence-corrected chi connectivity index (χ4v) is 2.72. The summed E-state index contributed by atoms with van der Waals surface area (Å²) in [7, 11) is 0. The Kier molecular flexibility index (Phi) is 4.83. The van der Waals surface area contributed by atoms with E-state index in [9.17, 15) is 9.59 Å². The van der Waals surface area contributed by atoms with Crippen molar-refractivity contribution < 1.29 is 14.7 Å². The zero-order chi connectivity index (χ0) is 16.3. The highest BCUT2D eigenvalue weighted by Crippen LogP contribution is 2.30. The first-order valence-corrected chi connectivity index (χ1v) is 7.79. The summed E-state index contributed by atoms with van der Waals surface area (Å²) in [6.45, 7) is 3.12. The Morgan fingerprint density at radius 3 is 2.68 bits per heavy atom. The Hall–Kier alpha value is -1.92. The van der Waals surface area contributed by atoms with Crippen molar-refractivity contribution in [3.05, 3.63) is 40.4 Å². The largest absolute Gasteiger partial charge is 0.481 e. The molecule has 22 heavy (non-hydrogen) atoms. The van der Waals surface area contributed by atoms with Gasteiger partial charge in [-0.25, -0.2) is 4.98 Å². The minimum Gasteiger partial charge on any atom is -0.481 e. The fourth-order valence-electron chi connectivity index (χ4n) is 1.60. The van der Waals surface area contributed by atoms with Gasteiger partial charge < -0.3 is 10.4 Å². The van der Waals surface area contributed by atoms with Gasteiger partial charge in [-0.2, -0.15) is 0 Å². The second-order valence-electron chi connectivity index (χ2n) is 5.39. The van der Waals surface area contributed by atoms with Crippen LogP contribution in [0.1, 0.15) is 24.3 Å². The maximum Gasteiger partial charge on any atom is 0.310 e. The Morgan fingerprint density at radius 2 is 2.05 bits per heavy atom. The van der Waals surface area contributed by atoms with E-state index >= 15 is 0 Å². The molecule has 0 aliphatic heterocycles. The summed E-state index contributed by atoms with van der Waals surface area (Å²) < 4.78 is 0. The van der Waals surface area contributed by atoms with Crippen molar-refractivity contribution in [2.75, 3.05) is 6.54 Å². The van der Waals surface area contributed by atoms with Crippen LogP contribution in [0, 0.1) is 5.41 Å². The first-order chi connectivity index (χ1) is 10.3. The number of nitrogens with zero attached hydrogens (tertiary/aromatic N) is 1. The predicted molar refractivity (Wildman–Crippen MR) is 86.3 cm³/mol. The maximum atomic E-state index is 12.1. The van der Waals surface area contributed by atoms with Crippen molar-refractivity contribution in [1.82, 2.24) is 10.3 Å². The monoisotopic (exact) mass is 338 g/mol. The number of hydrogen-bond acceptors (Lipinski definition) is 4. The third-order valence-corrected chi connectivity index (χ3v) is 4.32. The molecule has 0 saturated carbocycles. The van der Waals surface area contributed by atoms with Crippen molar-refractivity contribution in [3.8, 4) is 10.6 Å². The van der Waals surface area contributed by atoms with Crippen LogP contribution in [0.4, 0.5) is 0 Å². The predicted octanol–water partition coefficient (Wildman–Crippen LogP) is 3.30. The van der Waals surface area contributed by atoms with E-state index in [1.165, 1.54) is 11.3 Å². The van der Waals surface area contributed by atoms with Crippen LogP contribution in [0.3, 0.4) is 0 Å². The Morgan fingerprint density at radius 1 is 1.36 bits per heavy atom. The average molecular weight is 339 g/mol. The Bertz CT molecular complexity index is 712. The lowest BCUT2D eigenvalue weighted by Crippen LogP contribution is -2.39. The van der Waals surface area contributed by atoms with E-state index in [0.717, 1.165) is 5.56 Å². The number of carboxylic acids is 1. The molecule has 2 aromatic rings. The topological polar surface area (TPSA) is 79.3 Å². The van der Waals surface area contributed by atoms with Gasteiger partial charge in [-0.05, 0) is 19.9 Å². The van der Waals surface area contributed by atoms with Gasteiger partial charge in [-0.1, -0.05) is 29.8 Å². The zero-order valence-corrected chi connectivity index (χ0v) is 13.7. The Balaban J connectivity index is 2.10. The number of aromatic nitrogens is 1. The number of aliphatic carboxylic acids is 1. The van der Waals surface area contributed by atoms with E-state index in [1.807, 2.05) is 18.2 Å². The third-order valence-electron chi connectivity index (χ3n) is 3.11. The van der Waals surface area contributed by atoms with Gasteiger partial charge in [-0.15, -0.1) is 11.3 Å². The number of halogens is 1. The van der Waals surface area contributed by atoms with Crippen molar-refractivity contribution in [2.24, 2.45) is 5.41 Å². The van der Waals surface area contributed by atoms with Crippen molar-refractivity contribution in [2.45, 2.75) is 13.8 Å². The number of hydrogen-bond donors (Lipinski definition) is 2. The van der Waals surface area contributed by atoms with E-state index in [1.54, 1.807) is 25.3 Å². The minimum atomic E-state index is -1.03. The minimum absolute atomic E-state index is 0.0279. The SMILES string of the molecule is CC(C)(CNC(=O)c1csc(-c2ccccc2Cl)n1)C(=O)O. The molecular formula is C15H15ClN2O3S. The second-order valence-corrected chi connectivity index (χ2v) is 6.65. The molecule has 1 heterocycles. The number of rotatable bonds is 5. The molecule has 0 atom stereocenters. The molecule has 0 aliphatic rings. The second kappa shape index (κ2) is 6.46. The van der Waals surface area contributed by atoms with Crippen LogP contribution < -0.4 is 5.32 Å². The summed E-state index contributed by atoms with van der Waals surface area (Å²) in [5, 5.41) is 14.5. The molecule has 0 bridgehead atoms. The molecule has 0 fully saturated rings. The van der Waals surface area contributed by atoms with Gasteiger partial charge in [0.25, 0.3) is 5.91 Å². The molecule has 7 heteroatoms. The lowest BCUT2D eigenvalue weighted by molar-refractivity contribution is -0.146. The van der Waals surface area contributed by atoms with E-state index in [-0.39, 0.29) is 12.2 Å². The van der Waals surface area contributed by atoms with Crippen LogP contribution >= 0.6 is 22.9 Å². The number of carboxylic acid groups (broad SMARTS) is 1. The number of amides is 1. The third kappa shape index (κ3) is 3.64. The lowest BCUT2D eigenvalue weighted by Gasteiger charge is -2.18. The van der Waals surface area contributed by atoms with Crippen LogP contribution in [-0.2, 0) is 4.79 Å². The number of carbonyl (C=O) groups is 2. The molecule has 0 spiro atoms. The number of benzene rings is 1. The lowest BCUT2D eigenvalue weighted by atomic mass is 9.94. The molecule has 0 saturated heterocycles. The number of nitrogens with one attached hydrogen (secondary N) is 1. The van der Waals surface area contributed by atoms with Gasteiger partial charge in [0.15, 0.2) is 0 Å². The van der Waals surface area contributed by atoms with Crippen LogP contribution in [0.15, 0.2) is 29.6 Å². The van der Waals surface area contributed by atoms with Gasteiger partial charge in [-0.3, -0.25) is 9.59 Å².